The summed E-state index contributed by atoms with van der Waals surface area (Å²) < 4.78 is 31.6. The van der Waals surface area contributed by atoms with Gasteiger partial charge in [0, 0.05) is 32.3 Å². The number of sulfonamides is 1. The van der Waals surface area contributed by atoms with Crippen LogP contribution in [0.5, 0.6) is 0 Å². The van der Waals surface area contributed by atoms with Crippen LogP contribution in [-0.4, -0.2) is 74.5 Å². The maximum atomic E-state index is 12.6. The number of carbonyl (C=O) groups is 2. The number of hydrogen-bond acceptors (Lipinski definition) is 5. The van der Waals surface area contributed by atoms with Crippen LogP contribution in [0.2, 0.25) is 0 Å². The molecule has 0 spiro atoms. The van der Waals surface area contributed by atoms with Crippen molar-refractivity contribution in [1.82, 2.24) is 9.21 Å². The molecule has 26 heavy (non-hydrogen) atoms. The third-order valence-corrected chi connectivity index (χ3v) is 6.15. The number of hydrogen-bond donors (Lipinski definition) is 1. The molecule has 1 aromatic rings. The van der Waals surface area contributed by atoms with Crippen molar-refractivity contribution in [2.75, 3.05) is 39.9 Å². The Labute approximate surface area is 153 Å². The molecule has 1 saturated heterocycles. The Morgan fingerprint density at radius 3 is 2.31 bits per heavy atom. The number of carboxylic acid groups (broad SMARTS) is 1. The minimum absolute atomic E-state index is 0.134. The predicted octanol–water partition coefficient (Wildman–Crippen LogP) is 1.03. The Bertz CT molecular complexity index is 726. The monoisotopic (exact) mass is 384 g/mol. The van der Waals surface area contributed by atoms with E-state index in [0.717, 1.165) is 24.2 Å². The summed E-state index contributed by atoms with van der Waals surface area (Å²) in [6, 6.07) is 5.63. The van der Waals surface area contributed by atoms with Crippen LogP contribution in [0, 0.1) is 0 Å². The summed E-state index contributed by atoms with van der Waals surface area (Å²) in [5, 5.41) is 8.95. The summed E-state index contributed by atoms with van der Waals surface area (Å²) in [7, 11) is -2.10. The zero-order valence-corrected chi connectivity index (χ0v) is 15.6. The fourth-order valence-corrected chi connectivity index (χ4v) is 4.34. The third-order valence-electron chi connectivity index (χ3n) is 4.23. The quantitative estimate of drug-likeness (QED) is 0.718. The first-order valence-electron chi connectivity index (χ1n) is 8.46. The summed E-state index contributed by atoms with van der Waals surface area (Å²) in [6.07, 6.45) is 2.72. The summed E-state index contributed by atoms with van der Waals surface area (Å²) >= 11 is 0. The second kappa shape index (κ2) is 9.11. The predicted molar refractivity (Wildman–Crippen MR) is 94.5 cm³/mol. The number of piperidine rings is 1. The highest BCUT2D eigenvalue weighted by atomic mass is 32.2. The first-order valence-corrected chi connectivity index (χ1v) is 9.90. The highest BCUT2D eigenvalue weighted by Crippen LogP contribution is 2.21. The average molecular weight is 384 g/mol. The molecule has 0 bridgehead atoms. The van der Waals surface area contributed by atoms with E-state index < -0.39 is 28.4 Å². The van der Waals surface area contributed by atoms with Gasteiger partial charge in [-0.3, -0.25) is 9.59 Å². The number of carboxylic acids is 1. The zero-order valence-electron chi connectivity index (χ0n) is 14.8. The minimum Gasteiger partial charge on any atom is -0.480 e. The second-order valence-corrected chi connectivity index (χ2v) is 8.04. The van der Waals surface area contributed by atoms with Gasteiger partial charge in [0.2, 0.25) is 10.0 Å². The van der Waals surface area contributed by atoms with Gasteiger partial charge in [0.15, 0.2) is 0 Å². The molecule has 144 valence electrons. The van der Waals surface area contributed by atoms with Crippen molar-refractivity contribution >= 4 is 21.9 Å². The lowest BCUT2D eigenvalue weighted by Gasteiger charge is -2.26. The molecule has 0 atom stereocenters. The van der Waals surface area contributed by atoms with Crippen molar-refractivity contribution in [3.05, 3.63) is 29.8 Å². The highest BCUT2D eigenvalue weighted by Gasteiger charge is 2.26. The van der Waals surface area contributed by atoms with Gasteiger partial charge >= 0.3 is 5.97 Å². The minimum atomic E-state index is -3.56. The Morgan fingerprint density at radius 2 is 1.77 bits per heavy atom. The van der Waals surface area contributed by atoms with Crippen LogP contribution in [0.25, 0.3) is 0 Å². The molecular formula is C17H24N2O6S. The van der Waals surface area contributed by atoms with Crippen molar-refractivity contribution in [1.29, 1.82) is 0 Å². The number of methoxy groups -OCH3 is 1. The topological polar surface area (TPSA) is 104 Å². The van der Waals surface area contributed by atoms with Crippen molar-refractivity contribution < 1.29 is 27.9 Å². The second-order valence-electron chi connectivity index (χ2n) is 6.10. The van der Waals surface area contributed by atoms with Gasteiger partial charge in [-0.25, -0.2) is 8.42 Å². The molecule has 0 aromatic heterocycles. The lowest BCUT2D eigenvalue weighted by molar-refractivity contribution is -0.137. The standard InChI is InChI=1S/C17H24N2O6S/c1-25-12-11-18(13-16(20)21)17(22)14-5-7-15(8-6-14)26(23,24)19-9-3-2-4-10-19/h5-8H,2-4,9-13H2,1H3,(H,20,21). The average Bonchev–Trinajstić information content (AvgIpc) is 2.65. The molecular weight excluding hydrogens is 360 g/mol. The lowest BCUT2D eigenvalue weighted by Crippen LogP contribution is -2.38. The molecule has 0 saturated carbocycles. The summed E-state index contributed by atoms with van der Waals surface area (Å²) in [5.74, 6) is -1.61. The fourth-order valence-electron chi connectivity index (χ4n) is 2.82. The first-order chi connectivity index (χ1) is 12.4. The van der Waals surface area contributed by atoms with E-state index in [-0.39, 0.29) is 23.6 Å². The van der Waals surface area contributed by atoms with Gasteiger partial charge in [0.05, 0.1) is 11.5 Å². The van der Waals surface area contributed by atoms with Gasteiger partial charge in [-0.15, -0.1) is 0 Å². The molecule has 1 aliphatic rings. The Balaban J connectivity index is 2.16. The van der Waals surface area contributed by atoms with Crippen LogP contribution in [0.4, 0.5) is 0 Å². The number of rotatable bonds is 8. The van der Waals surface area contributed by atoms with Crippen LogP contribution in [0.1, 0.15) is 29.6 Å². The van der Waals surface area contributed by atoms with Crippen LogP contribution in [0.3, 0.4) is 0 Å². The van der Waals surface area contributed by atoms with Gasteiger partial charge in [-0.05, 0) is 37.1 Å². The van der Waals surface area contributed by atoms with E-state index in [0.29, 0.717) is 13.1 Å². The third kappa shape index (κ3) is 5.03. The first kappa shape index (κ1) is 20.3. The van der Waals surface area contributed by atoms with Gasteiger partial charge in [-0.2, -0.15) is 4.31 Å². The molecule has 1 aromatic carbocycles. The summed E-state index contributed by atoms with van der Waals surface area (Å²) in [6.45, 7) is 0.908. The van der Waals surface area contributed by atoms with Crippen molar-refractivity contribution in [2.45, 2.75) is 24.2 Å². The molecule has 0 radical (unpaired) electrons. The number of amides is 1. The maximum absolute atomic E-state index is 12.6. The van der Waals surface area contributed by atoms with E-state index in [1.807, 2.05) is 0 Å². The lowest BCUT2D eigenvalue weighted by atomic mass is 10.2. The number of ether oxygens (including phenoxy) is 1. The van der Waals surface area contributed by atoms with Crippen LogP contribution in [0.15, 0.2) is 29.2 Å². The van der Waals surface area contributed by atoms with Crippen LogP contribution in [-0.2, 0) is 19.6 Å². The Kier molecular flexibility index (Phi) is 7.13. The smallest absolute Gasteiger partial charge is 0.323 e. The number of carbonyl (C=O) groups excluding carboxylic acids is 1. The van der Waals surface area contributed by atoms with Crippen molar-refractivity contribution in [3.63, 3.8) is 0 Å². The molecule has 8 nitrogen and oxygen atoms in total. The van der Waals surface area contributed by atoms with Gasteiger partial charge < -0.3 is 14.7 Å². The van der Waals surface area contributed by atoms with E-state index in [2.05, 4.69) is 0 Å². The Hall–Kier alpha value is -1.97. The molecule has 1 N–H and O–H groups in total. The SMILES string of the molecule is COCCN(CC(=O)O)C(=O)c1ccc(S(=O)(=O)N2CCCCC2)cc1. The van der Waals surface area contributed by atoms with Gasteiger partial charge in [0.25, 0.3) is 5.91 Å². The Morgan fingerprint density at radius 1 is 1.15 bits per heavy atom. The maximum Gasteiger partial charge on any atom is 0.323 e. The molecule has 1 fully saturated rings. The summed E-state index contributed by atoms with van der Waals surface area (Å²) in [5.41, 5.74) is 0.236. The molecule has 1 heterocycles. The van der Waals surface area contributed by atoms with E-state index in [1.165, 1.54) is 35.7 Å². The van der Waals surface area contributed by atoms with Gasteiger partial charge in [-0.1, -0.05) is 6.42 Å². The van der Waals surface area contributed by atoms with E-state index in [4.69, 9.17) is 9.84 Å². The van der Waals surface area contributed by atoms with E-state index in [1.54, 1.807) is 0 Å². The van der Waals surface area contributed by atoms with E-state index in [9.17, 15) is 18.0 Å². The van der Waals surface area contributed by atoms with Crippen LogP contribution >= 0.6 is 0 Å². The fraction of sp³-hybridized carbons (Fsp3) is 0.529. The number of nitrogens with zero attached hydrogens (tertiary/aromatic N) is 2. The molecule has 9 heteroatoms. The highest BCUT2D eigenvalue weighted by molar-refractivity contribution is 7.89. The zero-order chi connectivity index (χ0) is 19.2. The number of benzene rings is 1. The normalized spacial score (nSPS) is 15.6. The number of aliphatic carboxylic acids is 1. The molecule has 0 unspecified atom stereocenters. The van der Waals surface area contributed by atoms with Crippen LogP contribution < -0.4 is 0 Å². The molecule has 1 aliphatic heterocycles. The van der Waals surface area contributed by atoms with Crippen molar-refractivity contribution in [3.8, 4) is 0 Å². The van der Waals surface area contributed by atoms with Crippen molar-refractivity contribution in [2.24, 2.45) is 0 Å². The van der Waals surface area contributed by atoms with Gasteiger partial charge in [0.1, 0.15) is 6.54 Å². The summed E-state index contributed by atoms with van der Waals surface area (Å²) in [4.78, 5) is 24.7. The molecule has 2 rings (SSSR count). The molecule has 0 aliphatic carbocycles. The molecule has 1 amide bonds. The largest absolute Gasteiger partial charge is 0.480 e. The van der Waals surface area contributed by atoms with E-state index >= 15 is 0 Å².